The van der Waals surface area contributed by atoms with Gasteiger partial charge >= 0.3 is 5.63 Å². The average molecular weight is 428 g/mol. The molecule has 0 bridgehead atoms. The maximum atomic E-state index is 12.5. The second-order valence-electron chi connectivity index (χ2n) is 6.93. The number of fused-ring (bicyclic) bond motifs is 2. The Morgan fingerprint density at radius 3 is 2.93 bits per heavy atom. The van der Waals surface area contributed by atoms with Crippen molar-refractivity contribution < 1.29 is 8.83 Å². The van der Waals surface area contributed by atoms with E-state index < -0.39 is 5.63 Å². The van der Waals surface area contributed by atoms with Crippen LogP contribution in [-0.4, -0.2) is 21.4 Å². The van der Waals surface area contributed by atoms with Gasteiger partial charge in [-0.25, -0.2) is 14.8 Å². The van der Waals surface area contributed by atoms with Crippen molar-refractivity contribution in [1.82, 2.24) is 14.9 Å². The van der Waals surface area contributed by atoms with Gasteiger partial charge in [0.05, 0.1) is 22.5 Å². The van der Waals surface area contributed by atoms with Crippen LogP contribution in [0.15, 0.2) is 56.4 Å². The summed E-state index contributed by atoms with van der Waals surface area (Å²) in [7, 11) is 0. The van der Waals surface area contributed by atoms with Gasteiger partial charge in [-0.2, -0.15) is 0 Å². The smallest absolute Gasteiger partial charge is 0.342 e. The third-order valence-electron chi connectivity index (χ3n) is 5.03. The van der Waals surface area contributed by atoms with E-state index in [1.165, 1.54) is 0 Å². The van der Waals surface area contributed by atoms with Gasteiger partial charge in [-0.3, -0.25) is 4.90 Å². The Bertz CT molecular complexity index is 1270. The summed E-state index contributed by atoms with van der Waals surface area (Å²) in [6.45, 7) is 1.74. The molecule has 0 N–H and O–H groups in total. The molecule has 0 fully saturated rings. The quantitative estimate of drug-likeness (QED) is 0.440. The molecule has 5 rings (SSSR count). The highest BCUT2D eigenvalue weighted by Crippen LogP contribution is 2.29. The molecular formula is C21H15Cl2N3O3. The van der Waals surface area contributed by atoms with Gasteiger partial charge in [-0.05, 0) is 30.3 Å². The molecule has 1 aliphatic heterocycles. The van der Waals surface area contributed by atoms with E-state index in [1.54, 1.807) is 24.5 Å². The molecule has 0 atom stereocenters. The Hall–Kier alpha value is -2.67. The standard InChI is InChI=1S/C21H15Cl2N3O3/c22-13-3-4-17-14(8-13)19(23)15(21(27)29-17)11-26-6-5-16-12(10-26)9-24-20(25-16)18-2-1-7-28-18/h1-4,7-9H,5-6,10-11H2. The molecule has 0 saturated heterocycles. The lowest BCUT2D eigenvalue weighted by Gasteiger charge is -2.27. The molecule has 29 heavy (non-hydrogen) atoms. The van der Waals surface area contributed by atoms with E-state index in [0.29, 0.717) is 51.3 Å². The lowest BCUT2D eigenvalue weighted by atomic mass is 10.1. The molecule has 146 valence electrons. The fraction of sp³-hybridized carbons (Fsp3) is 0.190. The van der Waals surface area contributed by atoms with Crippen molar-refractivity contribution in [2.75, 3.05) is 6.54 Å². The number of furan rings is 1. The van der Waals surface area contributed by atoms with Crippen LogP contribution in [0.2, 0.25) is 10.0 Å². The summed E-state index contributed by atoms with van der Waals surface area (Å²) in [6.07, 6.45) is 4.16. The molecule has 4 heterocycles. The number of nitrogens with zero attached hydrogens (tertiary/aromatic N) is 3. The molecule has 0 aliphatic carbocycles. The summed E-state index contributed by atoms with van der Waals surface area (Å²) in [5, 5.41) is 1.56. The third kappa shape index (κ3) is 3.44. The molecule has 8 heteroatoms. The Balaban J connectivity index is 1.42. The SMILES string of the molecule is O=c1oc2ccc(Cl)cc2c(Cl)c1CN1CCc2nc(-c3ccco3)ncc2C1. The van der Waals surface area contributed by atoms with Crippen molar-refractivity contribution in [3.8, 4) is 11.6 Å². The molecule has 0 saturated carbocycles. The summed E-state index contributed by atoms with van der Waals surface area (Å²) in [5.74, 6) is 1.23. The summed E-state index contributed by atoms with van der Waals surface area (Å²) >= 11 is 12.6. The van der Waals surface area contributed by atoms with Gasteiger partial charge in [0.15, 0.2) is 11.6 Å². The fourth-order valence-electron chi connectivity index (χ4n) is 3.57. The molecular weight excluding hydrogens is 413 g/mol. The van der Waals surface area contributed by atoms with E-state index in [2.05, 4.69) is 14.9 Å². The molecule has 1 aliphatic rings. The third-order valence-corrected chi connectivity index (χ3v) is 5.70. The molecule has 3 aromatic heterocycles. The number of hydrogen-bond donors (Lipinski definition) is 0. The lowest BCUT2D eigenvalue weighted by Crippen LogP contribution is -2.32. The van der Waals surface area contributed by atoms with Crippen LogP contribution in [-0.2, 0) is 19.5 Å². The molecule has 0 spiro atoms. The first-order valence-electron chi connectivity index (χ1n) is 9.10. The van der Waals surface area contributed by atoms with E-state index in [1.807, 2.05) is 18.3 Å². The maximum Gasteiger partial charge on any atom is 0.342 e. The lowest BCUT2D eigenvalue weighted by molar-refractivity contribution is 0.240. The van der Waals surface area contributed by atoms with Gasteiger partial charge < -0.3 is 8.83 Å². The van der Waals surface area contributed by atoms with Gasteiger partial charge in [0.1, 0.15) is 5.58 Å². The topological polar surface area (TPSA) is 72.4 Å². The van der Waals surface area contributed by atoms with Crippen LogP contribution >= 0.6 is 23.2 Å². The van der Waals surface area contributed by atoms with Crippen LogP contribution in [0.5, 0.6) is 0 Å². The summed E-state index contributed by atoms with van der Waals surface area (Å²) in [5.41, 5.74) is 2.44. The highest BCUT2D eigenvalue weighted by atomic mass is 35.5. The molecule has 1 aromatic carbocycles. The van der Waals surface area contributed by atoms with Gasteiger partial charge in [0.2, 0.25) is 0 Å². The Kier molecular flexibility index (Phi) is 4.62. The van der Waals surface area contributed by atoms with Crippen molar-refractivity contribution in [1.29, 1.82) is 0 Å². The normalized spacial score (nSPS) is 14.3. The minimum Gasteiger partial charge on any atom is -0.461 e. The zero-order valence-electron chi connectivity index (χ0n) is 15.2. The first kappa shape index (κ1) is 18.4. The molecule has 0 amide bonds. The number of hydrogen-bond acceptors (Lipinski definition) is 6. The predicted octanol–water partition coefficient (Wildman–Crippen LogP) is 4.71. The van der Waals surface area contributed by atoms with Gasteiger partial charge in [0.25, 0.3) is 0 Å². The van der Waals surface area contributed by atoms with Crippen LogP contribution in [0.1, 0.15) is 16.8 Å². The minimum atomic E-state index is -0.431. The second-order valence-corrected chi connectivity index (χ2v) is 7.74. The zero-order chi connectivity index (χ0) is 20.0. The highest BCUT2D eigenvalue weighted by molar-refractivity contribution is 6.37. The second kappa shape index (κ2) is 7.30. The average Bonchev–Trinajstić information content (AvgIpc) is 3.26. The number of rotatable bonds is 3. The first-order chi connectivity index (χ1) is 14.1. The number of halogens is 2. The van der Waals surface area contributed by atoms with E-state index in [9.17, 15) is 4.79 Å². The summed E-state index contributed by atoms with van der Waals surface area (Å²) < 4.78 is 10.8. The van der Waals surface area contributed by atoms with E-state index in [0.717, 1.165) is 24.2 Å². The minimum absolute atomic E-state index is 0.378. The summed E-state index contributed by atoms with van der Waals surface area (Å²) in [6, 6.07) is 8.68. The fourth-order valence-corrected chi connectivity index (χ4v) is 4.02. The van der Waals surface area contributed by atoms with E-state index in [4.69, 9.17) is 32.0 Å². The van der Waals surface area contributed by atoms with E-state index in [-0.39, 0.29) is 0 Å². The molecule has 0 unspecified atom stereocenters. The zero-order valence-corrected chi connectivity index (χ0v) is 16.7. The first-order valence-corrected chi connectivity index (χ1v) is 9.86. The Labute approximate surface area is 175 Å². The van der Waals surface area contributed by atoms with E-state index >= 15 is 0 Å². The van der Waals surface area contributed by atoms with Crippen molar-refractivity contribution in [2.24, 2.45) is 0 Å². The predicted molar refractivity (Wildman–Crippen MR) is 110 cm³/mol. The molecule has 6 nitrogen and oxygen atoms in total. The number of aromatic nitrogens is 2. The van der Waals surface area contributed by atoms with Gasteiger partial charge in [-0.15, -0.1) is 0 Å². The van der Waals surface area contributed by atoms with Crippen LogP contribution < -0.4 is 5.63 Å². The largest absolute Gasteiger partial charge is 0.461 e. The van der Waals surface area contributed by atoms with Crippen molar-refractivity contribution >= 4 is 34.2 Å². The van der Waals surface area contributed by atoms with Crippen LogP contribution in [0.25, 0.3) is 22.6 Å². The van der Waals surface area contributed by atoms with Crippen molar-refractivity contribution in [3.63, 3.8) is 0 Å². The highest BCUT2D eigenvalue weighted by Gasteiger charge is 2.22. The van der Waals surface area contributed by atoms with Gasteiger partial charge in [0, 0.05) is 48.2 Å². The van der Waals surface area contributed by atoms with Gasteiger partial charge in [-0.1, -0.05) is 23.2 Å². The van der Waals surface area contributed by atoms with Crippen LogP contribution in [0, 0.1) is 0 Å². The Morgan fingerprint density at radius 2 is 2.10 bits per heavy atom. The molecule has 4 aromatic rings. The van der Waals surface area contributed by atoms with Crippen LogP contribution in [0.4, 0.5) is 0 Å². The maximum absolute atomic E-state index is 12.5. The summed E-state index contributed by atoms with van der Waals surface area (Å²) in [4.78, 5) is 23.7. The van der Waals surface area contributed by atoms with Crippen LogP contribution in [0.3, 0.4) is 0 Å². The van der Waals surface area contributed by atoms with Crippen molar-refractivity contribution in [3.05, 3.63) is 80.1 Å². The Morgan fingerprint density at radius 1 is 1.21 bits per heavy atom. The number of benzene rings is 1. The molecule has 0 radical (unpaired) electrons. The van der Waals surface area contributed by atoms with Crippen molar-refractivity contribution in [2.45, 2.75) is 19.5 Å². The monoisotopic (exact) mass is 427 g/mol.